The number of ether oxygens (including phenoxy) is 1. The average Bonchev–Trinajstić information content (AvgIpc) is 3.46. The Balaban J connectivity index is 1.25. The largest absolute Gasteiger partial charge is 0.456 e. The Morgan fingerprint density at radius 2 is 1.10 bits per heavy atom. The molecular weight excluding hydrogens is 615 g/mol. The molecule has 1 aromatic heterocycles. The zero-order valence-corrected chi connectivity index (χ0v) is 27.3. The number of benzene rings is 8. The number of para-hydroxylation sites is 2. The lowest BCUT2D eigenvalue weighted by atomic mass is 9.90. The quantitative estimate of drug-likeness (QED) is 0.189. The summed E-state index contributed by atoms with van der Waals surface area (Å²) in [5.41, 5.74) is 10.2. The Labute approximate surface area is 288 Å². The Morgan fingerprint density at radius 1 is 0.408 bits per heavy atom. The summed E-state index contributed by atoms with van der Waals surface area (Å²) in [5, 5.41) is 4.97. The van der Waals surface area contributed by atoms with E-state index < -0.39 is 0 Å². The SMILES string of the molecule is c1ccc(-c2ccccc2N(c2ccc3c(c2)-c2ccccc2Oc2ccc4ccccc4c2-3)c2ccc3c(c2)sc2ccccc23)cc1. The maximum atomic E-state index is 6.70. The van der Waals surface area contributed by atoms with Crippen molar-refractivity contribution in [3.05, 3.63) is 176 Å². The van der Waals surface area contributed by atoms with Gasteiger partial charge in [0.25, 0.3) is 0 Å². The molecule has 10 rings (SSSR count). The molecule has 1 aliphatic rings. The number of rotatable bonds is 4. The third kappa shape index (κ3) is 4.55. The van der Waals surface area contributed by atoms with Crippen molar-refractivity contribution < 1.29 is 4.74 Å². The Kier molecular flexibility index (Phi) is 6.39. The molecule has 0 fully saturated rings. The van der Waals surface area contributed by atoms with Crippen molar-refractivity contribution in [2.24, 2.45) is 0 Å². The van der Waals surface area contributed by atoms with E-state index in [1.165, 1.54) is 42.1 Å². The second kappa shape index (κ2) is 11.2. The fraction of sp³-hybridized carbons (Fsp3) is 0. The molecule has 8 aromatic carbocycles. The van der Waals surface area contributed by atoms with E-state index in [0.717, 1.165) is 50.8 Å². The molecule has 2 heterocycles. The van der Waals surface area contributed by atoms with E-state index >= 15 is 0 Å². The third-order valence-electron chi connectivity index (χ3n) is 9.67. The highest BCUT2D eigenvalue weighted by atomic mass is 32.1. The lowest BCUT2D eigenvalue weighted by molar-refractivity contribution is 0.488. The van der Waals surface area contributed by atoms with Crippen molar-refractivity contribution in [3.63, 3.8) is 0 Å². The van der Waals surface area contributed by atoms with Crippen LogP contribution in [0.25, 0.3) is 64.3 Å². The molecule has 0 bridgehead atoms. The summed E-state index contributed by atoms with van der Waals surface area (Å²) in [5.74, 6) is 1.73. The molecule has 0 amide bonds. The zero-order valence-electron chi connectivity index (χ0n) is 26.5. The maximum Gasteiger partial charge on any atom is 0.135 e. The monoisotopic (exact) mass is 643 g/mol. The van der Waals surface area contributed by atoms with Crippen molar-refractivity contribution in [2.75, 3.05) is 4.90 Å². The van der Waals surface area contributed by atoms with Crippen LogP contribution in [-0.2, 0) is 0 Å². The van der Waals surface area contributed by atoms with E-state index in [0.29, 0.717) is 0 Å². The van der Waals surface area contributed by atoms with Crippen molar-refractivity contribution in [1.29, 1.82) is 0 Å². The smallest absolute Gasteiger partial charge is 0.135 e. The zero-order chi connectivity index (χ0) is 32.3. The van der Waals surface area contributed by atoms with Gasteiger partial charge in [0.2, 0.25) is 0 Å². The van der Waals surface area contributed by atoms with Gasteiger partial charge in [0.15, 0.2) is 0 Å². The molecule has 3 heteroatoms. The van der Waals surface area contributed by atoms with Crippen molar-refractivity contribution in [1.82, 2.24) is 0 Å². The van der Waals surface area contributed by atoms with Gasteiger partial charge in [0.05, 0.1) is 5.69 Å². The molecule has 1 aliphatic heterocycles. The van der Waals surface area contributed by atoms with Crippen LogP contribution in [0, 0.1) is 0 Å². The summed E-state index contributed by atoms with van der Waals surface area (Å²) in [6, 6.07) is 63.2. The fourth-order valence-electron chi connectivity index (χ4n) is 7.43. The minimum atomic E-state index is 0.859. The molecule has 0 saturated heterocycles. The van der Waals surface area contributed by atoms with E-state index in [1.807, 2.05) is 11.3 Å². The third-order valence-corrected chi connectivity index (χ3v) is 10.8. The number of nitrogens with zero attached hydrogens (tertiary/aromatic N) is 1. The van der Waals surface area contributed by atoms with Gasteiger partial charge in [0, 0.05) is 48.2 Å². The molecule has 0 spiro atoms. The predicted octanol–water partition coefficient (Wildman–Crippen LogP) is 13.8. The van der Waals surface area contributed by atoms with Crippen LogP contribution in [0.2, 0.25) is 0 Å². The minimum Gasteiger partial charge on any atom is -0.456 e. The van der Waals surface area contributed by atoms with Crippen LogP contribution in [0.1, 0.15) is 0 Å². The van der Waals surface area contributed by atoms with Gasteiger partial charge in [-0.25, -0.2) is 0 Å². The number of anilines is 3. The average molecular weight is 644 g/mol. The highest BCUT2D eigenvalue weighted by Crippen LogP contribution is 2.52. The molecule has 0 atom stereocenters. The molecule has 0 unspecified atom stereocenters. The van der Waals surface area contributed by atoms with Crippen molar-refractivity contribution in [3.8, 4) is 44.9 Å². The number of hydrogen-bond acceptors (Lipinski definition) is 3. The van der Waals surface area contributed by atoms with E-state index in [2.05, 4.69) is 181 Å². The Hall–Kier alpha value is -6.16. The van der Waals surface area contributed by atoms with E-state index in [1.54, 1.807) is 0 Å². The van der Waals surface area contributed by atoms with Gasteiger partial charge in [-0.05, 0) is 76.0 Å². The molecule has 2 nitrogen and oxygen atoms in total. The van der Waals surface area contributed by atoms with Crippen LogP contribution in [0.15, 0.2) is 176 Å². The molecule has 0 N–H and O–H groups in total. The van der Waals surface area contributed by atoms with Crippen LogP contribution >= 0.6 is 11.3 Å². The van der Waals surface area contributed by atoms with Gasteiger partial charge in [-0.3, -0.25) is 0 Å². The van der Waals surface area contributed by atoms with Crippen LogP contribution in [0.4, 0.5) is 17.1 Å². The van der Waals surface area contributed by atoms with Gasteiger partial charge in [0.1, 0.15) is 11.5 Å². The van der Waals surface area contributed by atoms with Gasteiger partial charge >= 0.3 is 0 Å². The fourth-order valence-corrected chi connectivity index (χ4v) is 8.57. The summed E-state index contributed by atoms with van der Waals surface area (Å²) in [4.78, 5) is 2.42. The molecule has 9 aromatic rings. The minimum absolute atomic E-state index is 0.859. The standard InChI is InChI=1S/C46H29NOS/c1-2-12-30(13-3-1)34-15-6-9-19-41(34)47(33-23-25-38-37-18-8-11-21-44(37)49-45(38)29-33)32-24-26-39-40(28-32)36-17-7-10-20-42(36)48-43-27-22-31-14-4-5-16-35(31)46(39)43/h1-29H. The summed E-state index contributed by atoms with van der Waals surface area (Å²) in [7, 11) is 0. The van der Waals surface area contributed by atoms with Gasteiger partial charge < -0.3 is 9.64 Å². The summed E-state index contributed by atoms with van der Waals surface area (Å²) in [6.07, 6.45) is 0. The van der Waals surface area contributed by atoms with E-state index in [4.69, 9.17) is 4.74 Å². The highest BCUT2D eigenvalue weighted by Gasteiger charge is 2.25. The summed E-state index contributed by atoms with van der Waals surface area (Å²) < 4.78 is 9.28. The molecule has 0 radical (unpaired) electrons. The molecule has 0 aliphatic carbocycles. The van der Waals surface area contributed by atoms with Crippen LogP contribution in [0.3, 0.4) is 0 Å². The topological polar surface area (TPSA) is 12.5 Å². The van der Waals surface area contributed by atoms with Gasteiger partial charge in [-0.15, -0.1) is 11.3 Å². The second-order valence-electron chi connectivity index (χ2n) is 12.5. The lowest BCUT2D eigenvalue weighted by Crippen LogP contribution is -2.11. The predicted molar refractivity (Wildman–Crippen MR) is 208 cm³/mol. The second-order valence-corrected chi connectivity index (χ2v) is 13.6. The van der Waals surface area contributed by atoms with Crippen LogP contribution in [-0.4, -0.2) is 0 Å². The van der Waals surface area contributed by atoms with Gasteiger partial charge in [-0.1, -0.05) is 127 Å². The number of thiophene rings is 1. The molecule has 0 saturated carbocycles. The van der Waals surface area contributed by atoms with Crippen molar-refractivity contribution >= 4 is 59.3 Å². The van der Waals surface area contributed by atoms with Crippen LogP contribution < -0.4 is 9.64 Å². The lowest BCUT2D eigenvalue weighted by Gasteiger charge is -2.29. The van der Waals surface area contributed by atoms with Crippen molar-refractivity contribution in [2.45, 2.75) is 0 Å². The highest BCUT2D eigenvalue weighted by molar-refractivity contribution is 7.25. The maximum absolute atomic E-state index is 6.70. The molecule has 49 heavy (non-hydrogen) atoms. The molecular formula is C46H29NOS. The first-order chi connectivity index (χ1) is 24.3. The van der Waals surface area contributed by atoms with E-state index in [-0.39, 0.29) is 0 Å². The number of hydrogen-bond donors (Lipinski definition) is 0. The summed E-state index contributed by atoms with van der Waals surface area (Å²) in [6.45, 7) is 0. The number of fused-ring (bicyclic) bond motifs is 10. The first-order valence-electron chi connectivity index (χ1n) is 16.6. The Morgan fingerprint density at radius 3 is 2.02 bits per heavy atom. The van der Waals surface area contributed by atoms with E-state index in [9.17, 15) is 0 Å². The summed E-state index contributed by atoms with van der Waals surface area (Å²) >= 11 is 1.85. The first-order valence-corrected chi connectivity index (χ1v) is 17.4. The normalized spacial score (nSPS) is 11.8. The van der Waals surface area contributed by atoms with Gasteiger partial charge in [-0.2, -0.15) is 0 Å². The molecule has 230 valence electrons. The van der Waals surface area contributed by atoms with Crippen LogP contribution in [0.5, 0.6) is 11.5 Å². The Bertz CT molecular complexity index is 2710. The first kappa shape index (κ1) is 27.9.